The molecule has 0 aliphatic carbocycles. The van der Waals surface area contributed by atoms with Crippen molar-refractivity contribution in [2.24, 2.45) is 0 Å². The van der Waals surface area contributed by atoms with Crippen LogP contribution < -0.4 is 0 Å². The Bertz CT molecular complexity index is 176. The molecule has 0 spiro atoms. The molecule has 0 aromatic heterocycles. The third-order valence-corrected chi connectivity index (χ3v) is 1.60. The molecule has 0 aromatic carbocycles. The van der Waals surface area contributed by atoms with Gasteiger partial charge in [0.25, 0.3) is 0 Å². The first-order valence-electron chi connectivity index (χ1n) is 3.68. The molecule has 0 bridgehead atoms. The molecule has 0 aromatic rings. The molecule has 0 N–H and O–H groups in total. The smallest absolute Gasteiger partial charge is 0.163 e. The molecule has 0 heterocycles. The van der Waals surface area contributed by atoms with E-state index >= 15 is 0 Å². The SMILES string of the molecule is C=C=C[N+](C)(C)N(C=C)CC. The van der Waals surface area contributed by atoms with Crippen LogP contribution in [-0.4, -0.2) is 30.2 Å². The summed E-state index contributed by atoms with van der Waals surface area (Å²) in [6, 6.07) is 0. The van der Waals surface area contributed by atoms with E-state index < -0.39 is 0 Å². The van der Waals surface area contributed by atoms with Crippen molar-refractivity contribution in [1.82, 2.24) is 5.01 Å². The van der Waals surface area contributed by atoms with Crippen molar-refractivity contribution in [3.05, 3.63) is 31.3 Å². The van der Waals surface area contributed by atoms with Crippen LogP contribution in [0.25, 0.3) is 0 Å². The number of rotatable bonds is 4. The molecule has 0 saturated heterocycles. The lowest BCUT2D eigenvalue weighted by Gasteiger charge is -2.34. The number of hydrogen-bond donors (Lipinski definition) is 0. The van der Waals surface area contributed by atoms with Crippen LogP contribution in [0.5, 0.6) is 0 Å². The second-order valence-corrected chi connectivity index (χ2v) is 2.75. The standard InChI is InChI=1S/C9H17N2/c1-6-9-11(4,5)10(7-2)8-3/h7,9H,1-2,8H2,3-5H3/q+1. The molecular formula is C9H17N2+. The summed E-state index contributed by atoms with van der Waals surface area (Å²) in [5.41, 5.74) is 2.76. The van der Waals surface area contributed by atoms with E-state index in [-0.39, 0.29) is 0 Å². The van der Waals surface area contributed by atoms with Gasteiger partial charge in [-0.25, -0.2) is 5.01 Å². The van der Waals surface area contributed by atoms with Crippen molar-refractivity contribution < 1.29 is 4.59 Å². The largest absolute Gasteiger partial charge is 0.228 e. The lowest BCUT2D eigenvalue weighted by Crippen LogP contribution is -2.47. The summed E-state index contributed by atoms with van der Waals surface area (Å²) in [5, 5.41) is 2.07. The van der Waals surface area contributed by atoms with Gasteiger partial charge in [-0.3, -0.25) is 0 Å². The van der Waals surface area contributed by atoms with Crippen molar-refractivity contribution >= 4 is 0 Å². The van der Waals surface area contributed by atoms with Gasteiger partial charge < -0.3 is 0 Å². The third-order valence-electron chi connectivity index (χ3n) is 1.60. The molecule has 0 saturated carbocycles. The summed E-state index contributed by atoms with van der Waals surface area (Å²) >= 11 is 0. The van der Waals surface area contributed by atoms with Gasteiger partial charge in [0, 0.05) is 6.20 Å². The fraction of sp³-hybridized carbons (Fsp3) is 0.444. The Kier molecular flexibility index (Phi) is 3.66. The van der Waals surface area contributed by atoms with Crippen LogP contribution in [-0.2, 0) is 0 Å². The van der Waals surface area contributed by atoms with Gasteiger partial charge in [-0.05, 0) is 6.92 Å². The Labute approximate surface area is 69.3 Å². The molecular weight excluding hydrogens is 136 g/mol. The normalized spacial score (nSPS) is 10.1. The number of quaternary nitrogens is 1. The van der Waals surface area contributed by atoms with Gasteiger partial charge in [0.2, 0.25) is 0 Å². The molecule has 0 radical (unpaired) electrons. The van der Waals surface area contributed by atoms with Crippen molar-refractivity contribution in [3.63, 3.8) is 0 Å². The van der Waals surface area contributed by atoms with Crippen molar-refractivity contribution in [3.8, 4) is 0 Å². The lowest BCUT2D eigenvalue weighted by atomic mass is 10.6. The van der Waals surface area contributed by atoms with Crippen molar-refractivity contribution in [2.45, 2.75) is 6.92 Å². The van der Waals surface area contributed by atoms with Gasteiger partial charge in [-0.1, -0.05) is 18.9 Å². The lowest BCUT2D eigenvalue weighted by molar-refractivity contribution is -0.950. The van der Waals surface area contributed by atoms with E-state index in [1.165, 1.54) is 0 Å². The molecule has 11 heavy (non-hydrogen) atoms. The zero-order valence-electron chi connectivity index (χ0n) is 7.67. The Morgan fingerprint density at radius 1 is 1.55 bits per heavy atom. The average Bonchev–Trinajstić information content (AvgIpc) is 1.89. The third kappa shape index (κ3) is 2.62. The molecule has 0 atom stereocenters. The Balaban J connectivity index is 4.48. The maximum atomic E-state index is 3.72. The quantitative estimate of drug-likeness (QED) is 0.338. The van der Waals surface area contributed by atoms with Crippen molar-refractivity contribution in [2.75, 3.05) is 20.6 Å². The summed E-state index contributed by atoms with van der Waals surface area (Å²) in [6.07, 6.45) is 3.69. The van der Waals surface area contributed by atoms with E-state index in [0.717, 1.165) is 6.54 Å². The van der Waals surface area contributed by atoms with E-state index in [4.69, 9.17) is 0 Å². The van der Waals surface area contributed by atoms with Crippen LogP contribution in [0, 0.1) is 0 Å². The predicted octanol–water partition coefficient (Wildman–Crippen LogP) is 1.74. The van der Waals surface area contributed by atoms with E-state index in [1.54, 1.807) is 0 Å². The van der Waals surface area contributed by atoms with E-state index in [2.05, 4.69) is 30.8 Å². The molecule has 2 nitrogen and oxygen atoms in total. The number of hydrogen-bond acceptors (Lipinski definition) is 1. The van der Waals surface area contributed by atoms with Gasteiger partial charge in [0.15, 0.2) is 6.20 Å². The first-order chi connectivity index (χ1) is 5.08. The van der Waals surface area contributed by atoms with Gasteiger partial charge in [0.05, 0.1) is 20.6 Å². The molecule has 0 aliphatic rings. The maximum absolute atomic E-state index is 3.72. The predicted molar refractivity (Wildman–Crippen MR) is 48.4 cm³/mol. The summed E-state index contributed by atoms with van der Waals surface area (Å²) in [5.74, 6) is 0. The fourth-order valence-electron chi connectivity index (χ4n) is 1.00. The molecule has 0 amide bonds. The minimum Gasteiger partial charge on any atom is -0.228 e. The molecule has 0 rings (SSSR count). The van der Waals surface area contributed by atoms with E-state index in [1.807, 2.05) is 26.5 Å². The highest BCUT2D eigenvalue weighted by atomic mass is 15.7. The van der Waals surface area contributed by atoms with Crippen LogP contribution in [0.15, 0.2) is 31.3 Å². The van der Waals surface area contributed by atoms with E-state index in [9.17, 15) is 0 Å². The monoisotopic (exact) mass is 153 g/mol. The van der Waals surface area contributed by atoms with Crippen LogP contribution >= 0.6 is 0 Å². The second-order valence-electron chi connectivity index (χ2n) is 2.75. The Morgan fingerprint density at radius 2 is 2.09 bits per heavy atom. The first kappa shape index (κ1) is 10.0. The zero-order chi connectivity index (χ0) is 8.91. The van der Waals surface area contributed by atoms with Crippen LogP contribution in [0.1, 0.15) is 6.92 Å². The maximum Gasteiger partial charge on any atom is 0.163 e. The molecule has 2 heteroatoms. The summed E-state index contributed by atoms with van der Waals surface area (Å²) in [4.78, 5) is 0. The summed E-state index contributed by atoms with van der Waals surface area (Å²) < 4.78 is 0.615. The van der Waals surface area contributed by atoms with Gasteiger partial charge >= 0.3 is 0 Å². The molecule has 0 unspecified atom stereocenters. The molecule has 62 valence electrons. The zero-order valence-corrected chi connectivity index (χ0v) is 7.67. The van der Waals surface area contributed by atoms with Crippen LogP contribution in [0.4, 0.5) is 0 Å². The highest BCUT2D eigenvalue weighted by Crippen LogP contribution is 2.05. The Morgan fingerprint density at radius 3 is 2.36 bits per heavy atom. The first-order valence-corrected chi connectivity index (χ1v) is 3.68. The van der Waals surface area contributed by atoms with E-state index in [0.29, 0.717) is 4.59 Å². The molecule has 0 aliphatic heterocycles. The number of nitrogens with zero attached hydrogens (tertiary/aromatic N) is 2. The Hall–Kier alpha value is -0.980. The summed E-state index contributed by atoms with van der Waals surface area (Å²) in [7, 11) is 4.09. The minimum atomic E-state index is 0.615. The highest BCUT2D eigenvalue weighted by Gasteiger charge is 2.16. The van der Waals surface area contributed by atoms with Crippen LogP contribution in [0.2, 0.25) is 0 Å². The fourth-order valence-corrected chi connectivity index (χ4v) is 1.00. The van der Waals surface area contributed by atoms with Crippen LogP contribution in [0.3, 0.4) is 0 Å². The summed E-state index contributed by atoms with van der Waals surface area (Å²) in [6.45, 7) is 10.3. The average molecular weight is 153 g/mol. The molecule has 0 fully saturated rings. The second kappa shape index (κ2) is 4.02. The highest BCUT2D eigenvalue weighted by molar-refractivity contribution is 4.68. The van der Waals surface area contributed by atoms with Gasteiger partial charge in [0.1, 0.15) is 0 Å². The van der Waals surface area contributed by atoms with Crippen molar-refractivity contribution in [1.29, 1.82) is 0 Å². The van der Waals surface area contributed by atoms with Gasteiger partial charge in [-0.15, -0.1) is 0 Å². The minimum absolute atomic E-state index is 0.615. The van der Waals surface area contributed by atoms with Gasteiger partial charge in [-0.2, -0.15) is 4.59 Å². The topological polar surface area (TPSA) is 3.24 Å².